The zero-order valence-corrected chi connectivity index (χ0v) is 19.1. The van der Waals surface area contributed by atoms with E-state index in [1.807, 2.05) is 42.5 Å². The molecule has 0 saturated carbocycles. The van der Waals surface area contributed by atoms with Crippen molar-refractivity contribution in [3.05, 3.63) is 77.9 Å². The van der Waals surface area contributed by atoms with E-state index in [1.54, 1.807) is 12.1 Å². The highest BCUT2D eigenvalue weighted by molar-refractivity contribution is 7.89. The lowest BCUT2D eigenvalue weighted by Gasteiger charge is -2.30. The number of ether oxygens (including phenoxy) is 2. The summed E-state index contributed by atoms with van der Waals surface area (Å²) in [6.07, 6.45) is 0.710. The lowest BCUT2D eigenvalue weighted by molar-refractivity contribution is -0.151. The Morgan fingerprint density at radius 1 is 0.939 bits per heavy atom. The van der Waals surface area contributed by atoms with Crippen molar-refractivity contribution in [2.24, 2.45) is 5.92 Å². The number of carbonyl (C=O) groups excluding carboxylic acids is 2. The fourth-order valence-corrected chi connectivity index (χ4v) is 5.78. The first-order chi connectivity index (χ1) is 15.9. The first-order valence-electron chi connectivity index (χ1n) is 10.7. The van der Waals surface area contributed by atoms with Crippen LogP contribution in [0.25, 0.3) is 10.8 Å². The van der Waals surface area contributed by atoms with Crippen molar-refractivity contribution >= 4 is 32.7 Å². The molecule has 1 heterocycles. The van der Waals surface area contributed by atoms with E-state index in [4.69, 9.17) is 9.47 Å². The molecule has 0 spiro atoms. The second kappa shape index (κ2) is 9.72. The molecule has 1 aliphatic heterocycles. The molecule has 3 aromatic carbocycles. The molecular formula is C25H25NO6S. The van der Waals surface area contributed by atoms with E-state index in [2.05, 4.69) is 0 Å². The fraction of sp³-hybridized carbons (Fsp3) is 0.280. The number of benzene rings is 3. The quantitative estimate of drug-likeness (QED) is 0.513. The summed E-state index contributed by atoms with van der Waals surface area (Å²) in [6, 6.07) is 19.8. The number of methoxy groups -OCH3 is 1. The van der Waals surface area contributed by atoms with Gasteiger partial charge < -0.3 is 9.47 Å². The molecule has 0 atom stereocenters. The van der Waals surface area contributed by atoms with Gasteiger partial charge in [-0.25, -0.2) is 13.2 Å². The summed E-state index contributed by atoms with van der Waals surface area (Å²) in [5.41, 5.74) is 0.928. The highest BCUT2D eigenvalue weighted by Crippen LogP contribution is 2.27. The third-order valence-electron chi connectivity index (χ3n) is 5.95. The molecule has 0 unspecified atom stereocenters. The van der Waals surface area contributed by atoms with Gasteiger partial charge in [-0.1, -0.05) is 54.6 Å². The third kappa shape index (κ3) is 4.77. The van der Waals surface area contributed by atoms with Crippen molar-refractivity contribution < 1.29 is 27.5 Å². The Morgan fingerprint density at radius 2 is 1.61 bits per heavy atom. The Bertz CT molecular complexity index is 1270. The van der Waals surface area contributed by atoms with Crippen LogP contribution in [0.4, 0.5) is 0 Å². The fourth-order valence-electron chi connectivity index (χ4n) is 4.13. The van der Waals surface area contributed by atoms with Gasteiger partial charge in [-0.3, -0.25) is 4.79 Å². The largest absolute Gasteiger partial charge is 0.465 e. The number of carbonyl (C=O) groups is 2. The molecule has 8 heteroatoms. The molecule has 4 rings (SSSR count). The van der Waals surface area contributed by atoms with Crippen LogP contribution in [0.3, 0.4) is 0 Å². The first kappa shape index (κ1) is 22.9. The van der Waals surface area contributed by atoms with Gasteiger partial charge in [0.1, 0.15) is 6.61 Å². The highest BCUT2D eigenvalue weighted by Gasteiger charge is 2.34. The molecule has 0 aliphatic carbocycles. The van der Waals surface area contributed by atoms with E-state index in [0.717, 1.165) is 16.3 Å². The number of piperidine rings is 1. The molecule has 0 amide bonds. The number of hydrogen-bond donors (Lipinski definition) is 0. The summed E-state index contributed by atoms with van der Waals surface area (Å²) in [6.45, 7) is 0.517. The molecule has 0 aromatic heterocycles. The van der Waals surface area contributed by atoms with E-state index >= 15 is 0 Å². The van der Waals surface area contributed by atoms with Gasteiger partial charge in [-0.15, -0.1) is 0 Å². The number of fused-ring (bicyclic) bond motifs is 1. The Balaban J connectivity index is 1.39. The van der Waals surface area contributed by atoms with Crippen LogP contribution in [0.15, 0.2) is 71.6 Å². The topological polar surface area (TPSA) is 90.0 Å². The molecule has 0 bridgehead atoms. The van der Waals surface area contributed by atoms with Gasteiger partial charge in [0.05, 0.1) is 23.5 Å². The van der Waals surface area contributed by atoms with Gasteiger partial charge in [-0.2, -0.15) is 4.31 Å². The summed E-state index contributed by atoms with van der Waals surface area (Å²) in [4.78, 5) is 24.6. The van der Waals surface area contributed by atoms with Crippen LogP contribution in [-0.4, -0.2) is 44.9 Å². The van der Waals surface area contributed by atoms with Crippen molar-refractivity contribution in [1.82, 2.24) is 4.31 Å². The maximum absolute atomic E-state index is 13.1. The minimum Gasteiger partial charge on any atom is -0.465 e. The van der Waals surface area contributed by atoms with Gasteiger partial charge in [0, 0.05) is 13.1 Å². The van der Waals surface area contributed by atoms with Crippen molar-refractivity contribution in [3.63, 3.8) is 0 Å². The summed E-state index contributed by atoms with van der Waals surface area (Å²) < 4.78 is 37.9. The van der Waals surface area contributed by atoms with E-state index in [1.165, 1.54) is 23.5 Å². The lowest BCUT2D eigenvalue weighted by Crippen LogP contribution is -2.41. The molecular weight excluding hydrogens is 442 g/mol. The van der Waals surface area contributed by atoms with Crippen molar-refractivity contribution in [3.8, 4) is 0 Å². The minimum absolute atomic E-state index is 0.00313. The third-order valence-corrected chi connectivity index (χ3v) is 7.90. The predicted molar refractivity (Wildman–Crippen MR) is 123 cm³/mol. The zero-order chi connectivity index (χ0) is 23.4. The van der Waals surface area contributed by atoms with Crippen LogP contribution in [0.2, 0.25) is 0 Å². The van der Waals surface area contributed by atoms with Gasteiger partial charge >= 0.3 is 11.9 Å². The molecule has 0 radical (unpaired) electrons. The molecule has 172 valence electrons. The monoisotopic (exact) mass is 467 g/mol. The van der Waals surface area contributed by atoms with Crippen molar-refractivity contribution in [2.45, 2.75) is 24.3 Å². The Morgan fingerprint density at radius 3 is 2.36 bits per heavy atom. The molecule has 1 saturated heterocycles. The van der Waals surface area contributed by atoms with E-state index < -0.39 is 16.0 Å². The van der Waals surface area contributed by atoms with Crippen LogP contribution in [-0.2, 0) is 30.9 Å². The van der Waals surface area contributed by atoms with Crippen LogP contribution in [0.5, 0.6) is 0 Å². The summed E-state index contributed by atoms with van der Waals surface area (Å²) in [7, 11) is -2.69. The predicted octanol–water partition coefficient (Wildman–Crippen LogP) is 3.77. The second-order valence-corrected chi connectivity index (χ2v) is 9.82. The number of hydrogen-bond acceptors (Lipinski definition) is 6. The smallest absolute Gasteiger partial charge is 0.339 e. The average Bonchev–Trinajstić information content (AvgIpc) is 2.86. The van der Waals surface area contributed by atoms with E-state index in [-0.39, 0.29) is 42.0 Å². The Kier molecular flexibility index (Phi) is 6.76. The van der Waals surface area contributed by atoms with Gasteiger partial charge in [0.25, 0.3) is 0 Å². The Hall–Kier alpha value is -3.23. The van der Waals surface area contributed by atoms with Crippen molar-refractivity contribution in [1.29, 1.82) is 0 Å². The van der Waals surface area contributed by atoms with Gasteiger partial charge in [0.15, 0.2) is 0 Å². The second-order valence-electron chi connectivity index (χ2n) is 7.91. The Labute approximate surface area is 193 Å². The molecule has 0 N–H and O–H groups in total. The average molecular weight is 468 g/mol. The van der Waals surface area contributed by atoms with Gasteiger partial charge in [0.2, 0.25) is 10.0 Å². The normalized spacial score (nSPS) is 15.3. The zero-order valence-electron chi connectivity index (χ0n) is 18.3. The van der Waals surface area contributed by atoms with Crippen LogP contribution < -0.4 is 0 Å². The molecule has 33 heavy (non-hydrogen) atoms. The number of nitrogens with zero attached hydrogens (tertiary/aromatic N) is 1. The van der Waals surface area contributed by atoms with Crippen LogP contribution in [0.1, 0.15) is 28.8 Å². The van der Waals surface area contributed by atoms with Gasteiger partial charge in [-0.05, 0) is 41.3 Å². The van der Waals surface area contributed by atoms with E-state index in [0.29, 0.717) is 12.8 Å². The SMILES string of the molecule is COC(=O)c1ccccc1S(=O)(=O)N1CCC(C(=O)OCc2cccc3ccccc23)CC1. The van der Waals surface area contributed by atoms with E-state index in [9.17, 15) is 18.0 Å². The summed E-state index contributed by atoms with van der Waals surface area (Å²) in [5, 5.41) is 2.12. The number of esters is 2. The molecule has 7 nitrogen and oxygen atoms in total. The first-order valence-corrected chi connectivity index (χ1v) is 12.2. The molecule has 1 aliphatic rings. The van der Waals surface area contributed by atoms with Crippen molar-refractivity contribution in [2.75, 3.05) is 20.2 Å². The minimum atomic E-state index is -3.90. The number of rotatable bonds is 6. The summed E-state index contributed by atoms with van der Waals surface area (Å²) in [5.74, 6) is -1.40. The number of sulfonamides is 1. The van der Waals surface area contributed by atoms with Crippen LogP contribution >= 0.6 is 0 Å². The maximum Gasteiger partial charge on any atom is 0.339 e. The summed E-state index contributed by atoms with van der Waals surface area (Å²) >= 11 is 0. The maximum atomic E-state index is 13.1. The highest BCUT2D eigenvalue weighted by atomic mass is 32.2. The molecule has 3 aromatic rings. The van der Waals surface area contributed by atoms with Crippen LogP contribution in [0, 0.1) is 5.92 Å². The standard InChI is InChI=1S/C25H25NO6S/c1-31-25(28)22-11-4-5-12-23(22)33(29,30)26-15-13-19(14-16-26)24(27)32-17-20-9-6-8-18-7-2-3-10-21(18)20/h2-12,19H,13-17H2,1H3. The lowest BCUT2D eigenvalue weighted by atomic mass is 9.98. The molecule has 1 fully saturated rings.